The van der Waals surface area contributed by atoms with Crippen molar-refractivity contribution in [3.63, 3.8) is 0 Å². The van der Waals surface area contributed by atoms with E-state index in [2.05, 4.69) is 15.0 Å². The molecule has 0 aliphatic carbocycles. The fraction of sp³-hybridized carbons (Fsp3) is 0.100. The van der Waals surface area contributed by atoms with Crippen LogP contribution in [-0.4, -0.2) is 19.9 Å². The number of nitrogens with zero attached hydrogens (tertiary/aromatic N) is 4. The van der Waals surface area contributed by atoms with Crippen LogP contribution in [0, 0.1) is 0 Å². The molecule has 0 aliphatic rings. The number of hydrogen-bond acceptors (Lipinski definition) is 8. The quantitative estimate of drug-likeness (QED) is 0.229. The highest BCUT2D eigenvalue weighted by atomic mass is 16.4. The van der Waals surface area contributed by atoms with E-state index >= 15 is 0 Å². The minimum absolute atomic E-state index is 0.438. The van der Waals surface area contributed by atoms with Crippen molar-refractivity contribution in [1.82, 2.24) is 19.9 Å². The van der Waals surface area contributed by atoms with Crippen LogP contribution in [0.3, 0.4) is 0 Å². The third-order valence-corrected chi connectivity index (χ3v) is 6.19. The molecule has 2 N–H and O–H groups in total. The monoisotopic (exact) mass is 503 g/mol. The molecule has 1 unspecified atom stereocenters. The third-order valence-electron chi connectivity index (χ3n) is 6.19. The van der Waals surface area contributed by atoms with Crippen molar-refractivity contribution < 1.29 is 13.3 Å². The molecule has 6 heterocycles. The van der Waals surface area contributed by atoms with Crippen LogP contribution in [0.25, 0.3) is 34.0 Å². The van der Waals surface area contributed by atoms with Crippen LogP contribution in [0.2, 0.25) is 0 Å². The van der Waals surface area contributed by atoms with E-state index in [1.54, 1.807) is 37.2 Å². The van der Waals surface area contributed by atoms with Gasteiger partial charge in [-0.25, -0.2) is 0 Å². The van der Waals surface area contributed by atoms with Crippen LogP contribution >= 0.6 is 0 Å². The molecular weight excluding hydrogens is 478 g/mol. The molecule has 0 bridgehead atoms. The van der Waals surface area contributed by atoms with E-state index < -0.39 is 6.17 Å². The van der Waals surface area contributed by atoms with Gasteiger partial charge < -0.3 is 19.0 Å². The zero-order chi connectivity index (χ0) is 25.7. The summed E-state index contributed by atoms with van der Waals surface area (Å²) in [5.74, 6) is 4.35. The van der Waals surface area contributed by atoms with E-state index in [9.17, 15) is 0 Å². The lowest BCUT2D eigenvalue weighted by molar-refractivity contribution is 0.140. The predicted octanol–water partition coefficient (Wildman–Crippen LogP) is 6.31. The minimum atomic E-state index is -0.556. The number of hydrogen-bond donors (Lipinski definition) is 1. The van der Waals surface area contributed by atoms with Crippen molar-refractivity contribution in [2.75, 3.05) is 0 Å². The second-order valence-electron chi connectivity index (χ2n) is 8.81. The van der Waals surface area contributed by atoms with Crippen molar-refractivity contribution in [2.45, 2.75) is 19.3 Å². The van der Waals surface area contributed by atoms with E-state index in [0.717, 1.165) is 39.7 Å². The molecule has 0 amide bonds. The van der Waals surface area contributed by atoms with Gasteiger partial charge >= 0.3 is 0 Å². The van der Waals surface area contributed by atoms with Gasteiger partial charge in [-0.3, -0.25) is 19.9 Å². The van der Waals surface area contributed by atoms with E-state index in [-0.39, 0.29) is 0 Å². The zero-order valence-corrected chi connectivity index (χ0v) is 20.5. The number of furan rings is 3. The van der Waals surface area contributed by atoms with Gasteiger partial charge in [-0.2, -0.15) is 0 Å². The summed E-state index contributed by atoms with van der Waals surface area (Å²) in [5.41, 5.74) is 9.48. The second kappa shape index (κ2) is 10.7. The third kappa shape index (κ3) is 5.17. The maximum absolute atomic E-state index is 6.78. The van der Waals surface area contributed by atoms with Gasteiger partial charge in [0.25, 0.3) is 0 Å². The van der Waals surface area contributed by atoms with Crippen molar-refractivity contribution in [2.24, 2.45) is 5.73 Å². The zero-order valence-electron chi connectivity index (χ0n) is 20.5. The molecule has 38 heavy (non-hydrogen) atoms. The Kier molecular flexibility index (Phi) is 6.63. The summed E-state index contributed by atoms with van der Waals surface area (Å²) >= 11 is 0. The van der Waals surface area contributed by atoms with Crippen molar-refractivity contribution in [1.29, 1.82) is 0 Å². The van der Waals surface area contributed by atoms with Crippen molar-refractivity contribution in [3.05, 3.63) is 127 Å². The van der Waals surface area contributed by atoms with Crippen LogP contribution in [0.4, 0.5) is 0 Å². The van der Waals surface area contributed by atoms with E-state index in [0.29, 0.717) is 24.6 Å². The normalized spacial score (nSPS) is 12.2. The number of rotatable bonds is 9. The highest BCUT2D eigenvalue weighted by molar-refractivity contribution is 5.57. The van der Waals surface area contributed by atoms with Crippen LogP contribution in [0.1, 0.15) is 23.4 Å². The highest BCUT2D eigenvalue weighted by Crippen LogP contribution is 2.30. The number of nitrogens with two attached hydrogens (primary N) is 1. The van der Waals surface area contributed by atoms with Gasteiger partial charge in [-0.05, 0) is 72.8 Å². The standard InChI is InChI=1S/C30H25N5O3/c31-30(29-12-11-28(38-29)23-6-3-15-34-18-23)35(19-24-7-9-26(36-24)21-4-1-13-32-16-21)20-25-8-10-27(37-25)22-5-2-14-33-17-22/h1-18,30H,19-20,31H2. The number of aromatic nitrogens is 3. The molecule has 0 aliphatic heterocycles. The Bertz CT molecular complexity index is 1510. The fourth-order valence-corrected chi connectivity index (χ4v) is 4.26. The van der Waals surface area contributed by atoms with Gasteiger partial charge in [0.15, 0.2) is 0 Å². The smallest absolute Gasteiger partial charge is 0.136 e. The lowest BCUT2D eigenvalue weighted by atomic mass is 10.2. The molecule has 6 aromatic heterocycles. The van der Waals surface area contributed by atoms with Gasteiger partial charge in [0, 0.05) is 53.9 Å². The summed E-state index contributed by atoms with van der Waals surface area (Å²) in [4.78, 5) is 14.6. The average Bonchev–Trinajstić information content (AvgIpc) is 3.75. The lowest BCUT2D eigenvalue weighted by Gasteiger charge is -2.25. The maximum Gasteiger partial charge on any atom is 0.136 e. The van der Waals surface area contributed by atoms with Gasteiger partial charge in [-0.15, -0.1) is 0 Å². The van der Waals surface area contributed by atoms with Gasteiger partial charge in [0.1, 0.15) is 40.7 Å². The summed E-state index contributed by atoms with van der Waals surface area (Å²) in [7, 11) is 0. The van der Waals surface area contributed by atoms with E-state index in [1.165, 1.54) is 0 Å². The van der Waals surface area contributed by atoms with Crippen LogP contribution < -0.4 is 5.73 Å². The SMILES string of the molecule is NC(c1ccc(-c2cccnc2)o1)N(Cc1ccc(-c2cccnc2)o1)Cc1ccc(-c2cccnc2)o1. The molecule has 0 fully saturated rings. The molecule has 0 radical (unpaired) electrons. The molecule has 6 rings (SSSR count). The van der Waals surface area contributed by atoms with E-state index in [4.69, 9.17) is 19.0 Å². The first-order chi connectivity index (χ1) is 18.7. The Morgan fingerprint density at radius 1 is 0.579 bits per heavy atom. The van der Waals surface area contributed by atoms with Gasteiger partial charge in [0.2, 0.25) is 0 Å². The van der Waals surface area contributed by atoms with Crippen molar-refractivity contribution in [3.8, 4) is 34.0 Å². The number of pyridine rings is 3. The van der Waals surface area contributed by atoms with Gasteiger partial charge in [-0.1, -0.05) is 0 Å². The fourth-order valence-electron chi connectivity index (χ4n) is 4.26. The largest absolute Gasteiger partial charge is 0.460 e. The molecule has 8 nitrogen and oxygen atoms in total. The van der Waals surface area contributed by atoms with Crippen LogP contribution in [-0.2, 0) is 13.1 Å². The van der Waals surface area contributed by atoms with E-state index in [1.807, 2.05) is 77.7 Å². The van der Waals surface area contributed by atoms with Crippen LogP contribution in [0.15, 0.2) is 123 Å². The molecule has 188 valence electrons. The Hall–Kier alpha value is -4.79. The summed E-state index contributed by atoms with van der Waals surface area (Å²) in [6, 6.07) is 23.1. The summed E-state index contributed by atoms with van der Waals surface area (Å²) in [6.07, 6.45) is 9.96. The molecule has 0 saturated carbocycles. The Morgan fingerprint density at radius 3 is 1.47 bits per heavy atom. The Morgan fingerprint density at radius 2 is 1.03 bits per heavy atom. The van der Waals surface area contributed by atoms with Crippen molar-refractivity contribution >= 4 is 0 Å². The molecular formula is C30H25N5O3. The minimum Gasteiger partial charge on any atom is -0.460 e. The molecule has 8 heteroatoms. The Balaban J connectivity index is 1.27. The predicted molar refractivity (Wildman–Crippen MR) is 142 cm³/mol. The second-order valence-corrected chi connectivity index (χ2v) is 8.81. The van der Waals surface area contributed by atoms with Crippen LogP contribution in [0.5, 0.6) is 0 Å². The first-order valence-electron chi connectivity index (χ1n) is 12.2. The molecule has 0 aromatic carbocycles. The summed E-state index contributed by atoms with van der Waals surface area (Å²) in [6.45, 7) is 0.876. The first kappa shape index (κ1) is 23.6. The molecule has 0 spiro atoms. The van der Waals surface area contributed by atoms with Gasteiger partial charge in [0.05, 0.1) is 13.1 Å². The highest BCUT2D eigenvalue weighted by Gasteiger charge is 2.23. The topological polar surface area (TPSA) is 107 Å². The average molecular weight is 504 g/mol. The first-order valence-corrected chi connectivity index (χ1v) is 12.2. The maximum atomic E-state index is 6.78. The lowest BCUT2D eigenvalue weighted by Crippen LogP contribution is -2.33. The Labute approximate surface area is 219 Å². The molecule has 1 atom stereocenters. The summed E-state index contributed by atoms with van der Waals surface area (Å²) in [5, 5.41) is 0. The molecule has 0 saturated heterocycles. The molecule has 6 aromatic rings. The summed E-state index contributed by atoms with van der Waals surface area (Å²) < 4.78 is 18.5.